The molecule has 2 N–H and O–H groups in total. The van der Waals surface area contributed by atoms with Gasteiger partial charge in [0.25, 0.3) is 0 Å². The summed E-state index contributed by atoms with van der Waals surface area (Å²) in [5.74, 6) is -1.96. The molecule has 1 aliphatic heterocycles. The molecule has 8 heteroatoms. The summed E-state index contributed by atoms with van der Waals surface area (Å²) in [6, 6.07) is 1.44. The number of carbonyl (C=O) groups is 3. The van der Waals surface area contributed by atoms with Crippen molar-refractivity contribution in [1.82, 2.24) is 4.90 Å². The van der Waals surface area contributed by atoms with Crippen LogP contribution in [0.3, 0.4) is 0 Å². The number of nitrogens with one attached hydrogen (secondary N) is 1. The number of carbonyl (C=O) groups excluding carboxylic acids is 2. The van der Waals surface area contributed by atoms with Gasteiger partial charge in [-0.3, -0.25) is 9.59 Å². The van der Waals surface area contributed by atoms with E-state index in [0.717, 1.165) is 11.3 Å². The molecule has 114 valence electrons. The fraction of sp³-hybridized carbons (Fsp3) is 0.462. The van der Waals surface area contributed by atoms with Crippen LogP contribution in [0, 0.1) is 5.92 Å². The van der Waals surface area contributed by atoms with Crippen molar-refractivity contribution in [1.29, 1.82) is 0 Å². The van der Waals surface area contributed by atoms with Crippen LogP contribution in [0.25, 0.3) is 0 Å². The molecule has 0 spiro atoms. The molecule has 0 aromatic carbocycles. The van der Waals surface area contributed by atoms with Gasteiger partial charge in [-0.1, -0.05) is 0 Å². The number of amides is 2. The van der Waals surface area contributed by atoms with E-state index in [0.29, 0.717) is 24.7 Å². The second-order valence-electron chi connectivity index (χ2n) is 4.69. The van der Waals surface area contributed by atoms with Gasteiger partial charge >= 0.3 is 5.97 Å². The smallest absolute Gasteiger partial charge is 0.338 e. The first-order chi connectivity index (χ1) is 10.0. The van der Waals surface area contributed by atoms with Gasteiger partial charge in [-0.15, -0.1) is 11.3 Å². The van der Waals surface area contributed by atoms with E-state index in [-0.39, 0.29) is 23.8 Å². The topological polar surface area (TPSA) is 95.9 Å². The third-order valence-corrected chi connectivity index (χ3v) is 4.11. The van der Waals surface area contributed by atoms with E-state index in [2.05, 4.69) is 5.32 Å². The Morgan fingerprint density at radius 2 is 2.33 bits per heavy atom. The highest BCUT2D eigenvalue weighted by atomic mass is 32.1. The molecule has 1 unspecified atom stereocenters. The van der Waals surface area contributed by atoms with Gasteiger partial charge in [0.1, 0.15) is 5.00 Å². The first-order valence-corrected chi connectivity index (χ1v) is 7.29. The summed E-state index contributed by atoms with van der Waals surface area (Å²) in [5.41, 5.74) is 0.0638. The highest BCUT2D eigenvalue weighted by molar-refractivity contribution is 7.14. The van der Waals surface area contributed by atoms with Crippen molar-refractivity contribution in [3.8, 4) is 0 Å². The third-order valence-electron chi connectivity index (χ3n) is 3.28. The molecular formula is C13H16N2O5S. The zero-order valence-corrected chi connectivity index (χ0v) is 12.3. The van der Waals surface area contributed by atoms with Crippen LogP contribution in [0.2, 0.25) is 0 Å². The Bertz CT molecular complexity index is 557. The Kier molecular flexibility index (Phi) is 4.92. The van der Waals surface area contributed by atoms with Gasteiger partial charge in [0.15, 0.2) is 0 Å². The first kappa shape index (κ1) is 15.5. The lowest BCUT2D eigenvalue weighted by Gasteiger charge is -2.15. The minimum atomic E-state index is -1.09. The highest BCUT2D eigenvalue weighted by Gasteiger charge is 2.34. The van der Waals surface area contributed by atoms with Gasteiger partial charge in [0.05, 0.1) is 18.1 Å². The van der Waals surface area contributed by atoms with Gasteiger partial charge < -0.3 is 20.1 Å². The van der Waals surface area contributed by atoms with Crippen LogP contribution >= 0.6 is 11.3 Å². The third kappa shape index (κ3) is 3.59. The van der Waals surface area contributed by atoms with E-state index in [9.17, 15) is 14.4 Å². The molecule has 1 atom stereocenters. The zero-order valence-electron chi connectivity index (χ0n) is 11.5. The average molecular weight is 312 g/mol. The van der Waals surface area contributed by atoms with Crippen molar-refractivity contribution in [3.05, 3.63) is 17.0 Å². The fourth-order valence-electron chi connectivity index (χ4n) is 2.15. The van der Waals surface area contributed by atoms with Crippen molar-refractivity contribution in [2.75, 3.05) is 32.1 Å². The molecule has 0 aliphatic carbocycles. The number of hydrogen-bond acceptors (Lipinski definition) is 5. The summed E-state index contributed by atoms with van der Waals surface area (Å²) < 4.78 is 4.92. The van der Waals surface area contributed by atoms with Crippen molar-refractivity contribution in [2.24, 2.45) is 5.92 Å². The zero-order chi connectivity index (χ0) is 15.4. The Labute approximate surface area is 125 Å². The van der Waals surface area contributed by atoms with Gasteiger partial charge in [0, 0.05) is 26.6 Å². The van der Waals surface area contributed by atoms with Crippen molar-refractivity contribution in [2.45, 2.75) is 6.42 Å². The predicted octanol–water partition coefficient (Wildman–Crippen LogP) is 0.880. The SMILES string of the molecule is COCCN1CC(C(=O)Nc2sccc2C(=O)O)CC1=O. The fourth-order valence-corrected chi connectivity index (χ4v) is 2.94. The summed E-state index contributed by atoms with van der Waals surface area (Å²) in [6.07, 6.45) is 0.142. The van der Waals surface area contributed by atoms with E-state index in [1.807, 2.05) is 0 Å². The molecule has 1 saturated heterocycles. The van der Waals surface area contributed by atoms with Gasteiger partial charge in [-0.2, -0.15) is 0 Å². The number of carboxylic acid groups (broad SMARTS) is 1. The van der Waals surface area contributed by atoms with Crippen LogP contribution in [0.4, 0.5) is 5.00 Å². The highest BCUT2D eigenvalue weighted by Crippen LogP contribution is 2.25. The first-order valence-electron chi connectivity index (χ1n) is 6.41. The van der Waals surface area contributed by atoms with Crippen molar-refractivity contribution < 1.29 is 24.2 Å². The van der Waals surface area contributed by atoms with Crippen molar-refractivity contribution >= 4 is 34.1 Å². The number of rotatable bonds is 6. The average Bonchev–Trinajstić information content (AvgIpc) is 3.03. The second-order valence-corrected chi connectivity index (χ2v) is 5.61. The van der Waals surface area contributed by atoms with E-state index in [1.165, 1.54) is 6.07 Å². The van der Waals surface area contributed by atoms with E-state index in [4.69, 9.17) is 9.84 Å². The van der Waals surface area contributed by atoms with Crippen LogP contribution in [-0.4, -0.2) is 54.6 Å². The molecule has 2 rings (SSSR count). The van der Waals surface area contributed by atoms with Crippen LogP contribution < -0.4 is 5.32 Å². The Morgan fingerprint density at radius 1 is 1.57 bits per heavy atom. The maximum atomic E-state index is 12.1. The maximum Gasteiger partial charge on any atom is 0.338 e. The van der Waals surface area contributed by atoms with Crippen LogP contribution in [0.5, 0.6) is 0 Å². The van der Waals surface area contributed by atoms with Gasteiger partial charge in [-0.25, -0.2) is 4.79 Å². The summed E-state index contributed by atoms with van der Waals surface area (Å²) >= 11 is 1.15. The molecule has 0 radical (unpaired) electrons. The van der Waals surface area contributed by atoms with Gasteiger partial charge in [0.2, 0.25) is 11.8 Å². The summed E-state index contributed by atoms with van der Waals surface area (Å²) in [6.45, 7) is 1.22. The molecule has 1 aromatic heterocycles. The number of thiophene rings is 1. The summed E-state index contributed by atoms with van der Waals surface area (Å²) in [7, 11) is 1.55. The quantitative estimate of drug-likeness (QED) is 0.813. The molecule has 2 amide bonds. The predicted molar refractivity (Wildman–Crippen MR) is 76.5 cm³/mol. The van der Waals surface area contributed by atoms with Crippen LogP contribution in [0.15, 0.2) is 11.4 Å². The Balaban J connectivity index is 1.97. The molecule has 21 heavy (non-hydrogen) atoms. The minimum Gasteiger partial charge on any atom is -0.478 e. The molecule has 0 saturated carbocycles. The van der Waals surface area contributed by atoms with Crippen LogP contribution in [0.1, 0.15) is 16.8 Å². The number of carboxylic acids is 1. The molecule has 1 aliphatic rings. The molecule has 0 bridgehead atoms. The lowest BCUT2D eigenvalue weighted by molar-refractivity contribution is -0.128. The van der Waals surface area contributed by atoms with Crippen molar-refractivity contribution in [3.63, 3.8) is 0 Å². The molecule has 1 fully saturated rings. The summed E-state index contributed by atoms with van der Waals surface area (Å²) in [5, 5.41) is 13.5. The number of ether oxygens (including phenoxy) is 1. The molecule has 1 aromatic rings. The van der Waals surface area contributed by atoms with Gasteiger partial charge in [-0.05, 0) is 11.4 Å². The molecule has 7 nitrogen and oxygen atoms in total. The Hall–Kier alpha value is -1.93. The maximum absolute atomic E-state index is 12.1. The standard InChI is InChI=1S/C13H16N2O5S/c1-20-4-3-15-7-8(6-10(15)16)11(17)14-12-9(13(18)19)2-5-21-12/h2,5,8H,3-4,6-7H2,1H3,(H,14,17)(H,18,19). The number of nitrogens with zero attached hydrogens (tertiary/aromatic N) is 1. The Morgan fingerprint density at radius 3 is 3.00 bits per heavy atom. The number of likely N-dealkylation sites (tertiary alicyclic amines) is 1. The largest absolute Gasteiger partial charge is 0.478 e. The van der Waals surface area contributed by atoms with E-state index >= 15 is 0 Å². The molecule has 2 heterocycles. The number of methoxy groups -OCH3 is 1. The number of anilines is 1. The molecular weight excluding hydrogens is 296 g/mol. The van der Waals surface area contributed by atoms with E-state index < -0.39 is 11.9 Å². The van der Waals surface area contributed by atoms with Crippen LogP contribution in [-0.2, 0) is 14.3 Å². The summed E-state index contributed by atoms with van der Waals surface area (Å²) in [4.78, 5) is 36.5. The lowest BCUT2D eigenvalue weighted by Crippen LogP contribution is -2.30. The minimum absolute atomic E-state index is 0.0638. The second kappa shape index (κ2) is 6.68. The van der Waals surface area contributed by atoms with E-state index in [1.54, 1.807) is 17.4 Å². The monoisotopic (exact) mass is 312 g/mol. The number of hydrogen-bond donors (Lipinski definition) is 2. The lowest BCUT2D eigenvalue weighted by atomic mass is 10.1. The number of aromatic carboxylic acids is 1. The normalized spacial score (nSPS) is 18.0.